The standard InChI is InChI=1S/C11H16N2S/c1-8-2-3-10(14-8)6-13-5-9-4-11(9,12)7-13/h2-3,9H,4-7,12H2,1H3/t9-,11+/m0/s1. The first-order valence-electron chi connectivity index (χ1n) is 5.22. The summed E-state index contributed by atoms with van der Waals surface area (Å²) in [6.45, 7) is 5.59. The molecule has 2 heterocycles. The van der Waals surface area contributed by atoms with E-state index in [1.165, 1.54) is 22.7 Å². The second-order valence-corrected chi connectivity index (χ2v) is 6.19. The highest BCUT2D eigenvalue weighted by molar-refractivity contribution is 7.11. The summed E-state index contributed by atoms with van der Waals surface area (Å²) in [5.41, 5.74) is 6.36. The van der Waals surface area contributed by atoms with Gasteiger partial charge in [-0.3, -0.25) is 4.90 Å². The lowest BCUT2D eigenvalue weighted by atomic mass is 10.3. The minimum atomic E-state index is 0.201. The molecular formula is C11H16N2S. The van der Waals surface area contributed by atoms with Gasteiger partial charge in [-0.25, -0.2) is 0 Å². The van der Waals surface area contributed by atoms with Crippen molar-refractivity contribution in [2.24, 2.45) is 11.7 Å². The van der Waals surface area contributed by atoms with Crippen molar-refractivity contribution in [3.8, 4) is 0 Å². The molecule has 0 bridgehead atoms. The van der Waals surface area contributed by atoms with Crippen LogP contribution in [0.25, 0.3) is 0 Å². The number of nitrogens with two attached hydrogens (primary N) is 1. The number of likely N-dealkylation sites (tertiary alicyclic amines) is 1. The van der Waals surface area contributed by atoms with E-state index in [9.17, 15) is 0 Å². The molecular weight excluding hydrogens is 192 g/mol. The monoisotopic (exact) mass is 208 g/mol. The van der Waals surface area contributed by atoms with Crippen molar-refractivity contribution in [3.05, 3.63) is 21.9 Å². The first-order chi connectivity index (χ1) is 6.66. The highest BCUT2D eigenvalue weighted by Gasteiger charge is 2.56. The number of hydrogen-bond acceptors (Lipinski definition) is 3. The van der Waals surface area contributed by atoms with Crippen LogP contribution in [0, 0.1) is 12.8 Å². The lowest BCUT2D eigenvalue weighted by Gasteiger charge is -2.17. The van der Waals surface area contributed by atoms with Gasteiger partial charge in [0.2, 0.25) is 0 Å². The Hall–Kier alpha value is -0.380. The topological polar surface area (TPSA) is 29.3 Å². The zero-order valence-electron chi connectivity index (χ0n) is 8.49. The van der Waals surface area contributed by atoms with Crippen molar-refractivity contribution < 1.29 is 0 Å². The van der Waals surface area contributed by atoms with Gasteiger partial charge < -0.3 is 5.73 Å². The number of aryl methyl sites for hydroxylation is 1. The van der Waals surface area contributed by atoms with Gasteiger partial charge in [0.1, 0.15) is 0 Å². The van der Waals surface area contributed by atoms with Crippen LogP contribution in [-0.4, -0.2) is 23.5 Å². The van der Waals surface area contributed by atoms with E-state index < -0.39 is 0 Å². The summed E-state index contributed by atoms with van der Waals surface area (Å²) in [6.07, 6.45) is 1.26. The van der Waals surface area contributed by atoms with Crippen LogP contribution in [0.1, 0.15) is 16.2 Å². The molecule has 2 fully saturated rings. The van der Waals surface area contributed by atoms with E-state index in [1.807, 2.05) is 11.3 Å². The molecule has 0 unspecified atom stereocenters. The number of fused-ring (bicyclic) bond motifs is 1. The first kappa shape index (κ1) is 8.89. The summed E-state index contributed by atoms with van der Waals surface area (Å²) in [4.78, 5) is 5.39. The average Bonchev–Trinajstić information content (AvgIpc) is 2.46. The Morgan fingerprint density at radius 1 is 1.64 bits per heavy atom. The molecule has 2 N–H and O–H groups in total. The summed E-state index contributed by atoms with van der Waals surface area (Å²) in [5.74, 6) is 0.795. The Morgan fingerprint density at radius 3 is 3.07 bits per heavy atom. The third-order valence-electron chi connectivity index (χ3n) is 3.45. The van der Waals surface area contributed by atoms with Crippen molar-refractivity contribution in [2.45, 2.75) is 25.4 Å². The predicted molar refractivity (Wildman–Crippen MR) is 59.4 cm³/mol. The first-order valence-corrected chi connectivity index (χ1v) is 6.04. The van der Waals surface area contributed by atoms with Crippen molar-refractivity contribution in [3.63, 3.8) is 0 Å². The maximum absolute atomic E-state index is 6.16. The van der Waals surface area contributed by atoms with Gasteiger partial charge in [0.25, 0.3) is 0 Å². The average molecular weight is 208 g/mol. The predicted octanol–water partition coefficient (Wildman–Crippen LogP) is 1.59. The Kier molecular flexibility index (Phi) is 1.79. The zero-order valence-corrected chi connectivity index (χ0v) is 9.31. The molecule has 1 saturated heterocycles. The third kappa shape index (κ3) is 1.40. The molecule has 1 aliphatic heterocycles. The number of thiophene rings is 1. The van der Waals surface area contributed by atoms with Crippen molar-refractivity contribution in [1.82, 2.24) is 4.90 Å². The number of piperidine rings is 1. The van der Waals surface area contributed by atoms with Gasteiger partial charge >= 0.3 is 0 Å². The Balaban J connectivity index is 1.64. The summed E-state index contributed by atoms with van der Waals surface area (Å²) in [7, 11) is 0. The fourth-order valence-corrected chi connectivity index (χ4v) is 3.48. The van der Waals surface area contributed by atoms with E-state index in [-0.39, 0.29) is 5.54 Å². The van der Waals surface area contributed by atoms with Crippen molar-refractivity contribution >= 4 is 11.3 Å². The molecule has 1 saturated carbocycles. The van der Waals surface area contributed by atoms with Gasteiger partial charge in [0.05, 0.1) is 0 Å². The molecule has 0 radical (unpaired) electrons. The molecule has 1 aliphatic carbocycles. The molecule has 3 rings (SSSR count). The maximum atomic E-state index is 6.16. The van der Waals surface area contributed by atoms with Crippen LogP contribution in [0.5, 0.6) is 0 Å². The molecule has 1 aromatic rings. The molecule has 3 heteroatoms. The maximum Gasteiger partial charge on any atom is 0.0328 e. The molecule has 0 aromatic carbocycles. The Bertz CT molecular complexity index is 360. The molecule has 2 atom stereocenters. The molecule has 14 heavy (non-hydrogen) atoms. The van der Waals surface area contributed by atoms with Gasteiger partial charge in [-0.05, 0) is 31.4 Å². The third-order valence-corrected chi connectivity index (χ3v) is 4.44. The van der Waals surface area contributed by atoms with Crippen LogP contribution in [-0.2, 0) is 6.54 Å². The molecule has 0 spiro atoms. The second-order valence-electron chi connectivity index (χ2n) is 4.82. The minimum Gasteiger partial charge on any atom is -0.324 e. The quantitative estimate of drug-likeness (QED) is 0.799. The van der Waals surface area contributed by atoms with E-state index in [0.717, 1.165) is 19.0 Å². The van der Waals surface area contributed by atoms with E-state index in [1.54, 1.807) is 0 Å². The summed E-state index contributed by atoms with van der Waals surface area (Å²) in [6, 6.07) is 4.45. The van der Waals surface area contributed by atoms with Crippen LogP contribution in [0.15, 0.2) is 12.1 Å². The van der Waals surface area contributed by atoms with Crippen molar-refractivity contribution in [2.75, 3.05) is 13.1 Å². The van der Waals surface area contributed by atoms with E-state index >= 15 is 0 Å². The number of hydrogen-bond donors (Lipinski definition) is 1. The highest BCUT2D eigenvalue weighted by Crippen LogP contribution is 2.47. The summed E-state index contributed by atoms with van der Waals surface area (Å²) >= 11 is 1.91. The fraction of sp³-hybridized carbons (Fsp3) is 0.636. The Labute approximate surface area is 88.7 Å². The summed E-state index contributed by atoms with van der Waals surface area (Å²) in [5, 5.41) is 0. The highest BCUT2D eigenvalue weighted by atomic mass is 32.1. The fourth-order valence-electron chi connectivity index (χ4n) is 2.54. The number of rotatable bonds is 2. The van der Waals surface area contributed by atoms with Crippen LogP contribution in [0.2, 0.25) is 0 Å². The van der Waals surface area contributed by atoms with E-state index in [0.29, 0.717) is 0 Å². The Morgan fingerprint density at radius 2 is 2.50 bits per heavy atom. The number of nitrogens with zero attached hydrogens (tertiary/aromatic N) is 1. The van der Waals surface area contributed by atoms with Crippen LogP contribution in [0.3, 0.4) is 0 Å². The zero-order chi connectivity index (χ0) is 9.76. The minimum absolute atomic E-state index is 0.201. The second kappa shape index (κ2) is 2.81. The molecule has 1 aromatic heterocycles. The lowest BCUT2D eigenvalue weighted by molar-refractivity contribution is 0.293. The summed E-state index contributed by atoms with van der Waals surface area (Å²) < 4.78 is 0. The van der Waals surface area contributed by atoms with Gasteiger partial charge in [-0.2, -0.15) is 0 Å². The van der Waals surface area contributed by atoms with Gasteiger partial charge in [0, 0.05) is 34.9 Å². The van der Waals surface area contributed by atoms with Crippen LogP contribution in [0.4, 0.5) is 0 Å². The molecule has 0 amide bonds. The normalized spacial score (nSPS) is 36.0. The van der Waals surface area contributed by atoms with Crippen molar-refractivity contribution in [1.29, 1.82) is 0 Å². The smallest absolute Gasteiger partial charge is 0.0328 e. The van der Waals surface area contributed by atoms with E-state index in [2.05, 4.69) is 24.0 Å². The largest absolute Gasteiger partial charge is 0.324 e. The van der Waals surface area contributed by atoms with Crippen LogP contribution >= 0.6 is 11.3 Å². The van der Waals surface area contributed by atoms with Crippen LogP contribution < -0.4 is 5.73 Å². The van der Waals surface area contributed by atoms with E-state index in [4.69, 9.17) is 5.73 Å². The molecule has 2 nitrogen and oxygen atoms in total. The molecule has 2 aliphatic rings. The van der Waals surface area contributed by atoms with Gasteiger partial charge in [-0.15, -0.1) is 11.3 Å². The SMILES string of the molecule is Cc1ccc(CN2C[C@@H]3C[C@@]3(N)C2)s1. The lowest BCUT2D eigenvalue weighted by Crippen LogP contribution is -2.32. The molecule has 76 valence electrons. The van der Waals surface area contributed by atoms with Gasteiger partial charge in [0.15, 0.2) is 0 Å². The van der Waals surface area contributed by atoms with Gasteiger partial charge in [-0.1, -0.05) is 0 Å².